The molecular weight excluding hydrogens is 312 g/mol. The Morgan fingerprint density at radius 3 is 2.08 bits per heavy atom. The molecule has 1 aromatic heterocycles. The van der Waals surface area contributed by atoms with Crippen LogP contribution in [0, 0.1) is 0 Å². The van der Waals surface area contributed by atoms with E-state index in [1.165, 1.54) is 0 Å². The van der Waals surface area contributed by atoms with Gasteiger partial charge in [0.05, 0.1) is 27.6 Å². The van der Waals surface area contributed by atoms with Crippen LogP contribution < -0.4 is 5.36 Å². The fourth-order valence-electron chi connectivity index (χ4n) is 3.17. The second kappa shape index (κ2) is 5.91. The van der Waals surface area contributed by atoms with E-state index in [1.54, 1.807) is 18.2 Å². The second-order valence-corrected chi connectivity index (χ2v) is 5.91. The number of nitrogens with zero attached hydrogens (tertiary/aromatic N) is 2. The maximum absolute atomic E-state index is 11.2. The fraction of sp³-hybridized carbons (Fsp3) is 0.0476. The third kappa shape index (κ3) is 2.58. The smallest absolute Gasteiger partial charge is 0.335 e. The van der Waals surface area contributed by atoms with Gasteiger partial charge in [0, 0.05) is 17.8 Å². The Hall–Kier alpha value is -3.40. The maximum atomic E-state index is 11.2. The lowest BCUT2D eigenvalue weighted by Gasteiger charge is -2.11. The molecule has 4 heteroatoms. The third-order valence-corrected chi connectivity index (χ3v) is 4.38. The summed E-state index contributed by atoms with van der Waals surface area (Å²) in [7, 11) is 2.04. The van der Waals surface area contributed by atoms with Crippen LogP contribution in [0.3, 0.4) is 0 Å². The predicted octanol–water partition coefficient (Wildman–Crippen LogP) is 4.26. The molecule has 122 valence electrons. The molecule has 0 saturated carbocycles. The first-order chi connectivity index (χ1) is 12.1. The topological polar surface area (TPSA) is 54.6 Å². The minimum atomic E-state index is -0.953. The van der Waals surface area contributed by atoms with Crippen molar-refractivity contribution in [2.24, 2.45) is 12.0 Å². The van der Waals surface area contributed by atoms with Crippen molar-refractivity contribution >= 4 is 33.5 Å². The average Bonchev–Trinajstić information content (AvgIpc) is 2.65. The number of aromatic carboxylic acids is 1. The minimum absolute atomic E-state index is 0.233. The summed E-state index contributed by atoms with van der Waals surface area (Å²) in [6.07, 6.45) is 0. The van der Waals surface area contributed by atoms with Gasteiger partial charge in [0.2, 0.25) is 0 Å². The number of pyridine rings is 1. The standard InChI is InChI=1S/C21H16N2O2/c1-23-18-11-4-2-9-16(18)20(17-10-3-5-12-19(17)23)22-15-8-6-7-14(13-15)21(24)25/h2-13H,1H3,(H,24,25). The summed E-state index contributed by atoms with van der Waals surface area (Å²) in [5.41, 5.74) is 3.02. The summed E-state index contributed by atoms with van der Waals surface area (Å²) in [6, 6.07) is 22.9. The molecule has 1 N–H and O–H groups in total. The zero-order valence-electron chi connectivity index (χ0n) is 13.7. The van der Waals surface area contributed by atoms with Gasteiger partial charge in [0.1, 0.15) is 0 Å². The third-order valence-electron chi connectivity index (χ3n) is 4.38. The van der Waals surface area contributed by atoms with E-state index in [9.17, 15) is 9.90 Å². The van der Waals surface area contributed by atoms with Crippen molar-refractivity contribution in [1.29, 1.82) is 0 Å². The average molecular weight is 328 g/mol. The lowest BCUT2D eigenvalue weighted by Crippen LogP contribution is -2.10. The number of carboxylic acid groups (broad SMARTS) is 1. The predicted molar refractivity (Wildman–Crippen MR) is 99.0 cm³/mol. The number of carbonyl (C=O) groups is 1. The molecule has 0 fully saturated rings. The number of hydrogen-bond donors (Lipinski definition) is 1. The van der Waals surface area contributed by atoms with Gasteiger partial charge in [-0.1, -0.05) is 42.5 Å². The summed E-state index contributed by atoms with van der Waals surface area (Å²) in [4.78, 5) is 16.0. The summed E-state index contributed by atoms with van der Waals surface area (Å²) >= 11 is 0. The van der Waals surface area contributed by atoms with Crippen molar-refractivity contribution in [3.8, 4) is 0 Å². The first-order valence-electron chi connectivity index (χ1n) is 8.00. The number of benzene rings is 3. The van der Waals surface area contributed by atoms with Crippen LogP contribution in [0.1, 0.15) is 10.4 Å². The highest BCUT2D eigenvalue weighted by molar-refractivity contribution is 5.93. The number of para-hydroxylation sites is 2. The Balaban J connectivity index is 2.14. The molecule has 4 aromatic rings. The lowest BCUT2D eigenvalue weighted by atomic mass is 10.1. The molecule has 25 heavy (non-hydrogen) atoms. The summed E-state index contributed by atoms with van der Waals surface area (Å²) in [5.74, 6) is -0.953. The van der Waals surface area contributed by atoms with Crippen molar-refractivity contribution in [1.82, 2.24) is 4.57 Å². The van der Waals surface area contributed by atoms with E-state index in [4.69, 9.17) is 4.99 Å². The van der Waals surface area contributed by atoms with Crippen LogP contribution in [0.4, 0.5) is 5.69 Å². The van der Waals surface area contributed by atoms with E-state index >= 15 is 0 Å². The van der Waals surface area contributed by atoms with Crippen molar-refractivity contribution < 1.29 is 9.90 Å². The molecule has 3 aromatic carbocycles. The molecule has 0 radical (unpaired) electrons. The van der Waals surface area contributed by atoms with E-state index in [-0.39, 0.29) is 5.56 Å². The normalized spacial score (nSPS) is 10.9. The SMILES string of the molecule is Cn1c2ccccc2c(=Nc2cccc(C(=O)O)c2)c2ccccc21. The fourth-order valence-corrected chi connectivity index (χ4v) is 3.17. The van der Waals surface area contributed by atoms with E-state index in [0.29, 0.717) is 5.69 Å². The number of fused-ring (bicyclic) bond motifs is 2. The van der Waals surface area contributed by atoms with Crippen LogP contribution >= 0.6 is 0 Å². The Kier molecular flexibility index (Phi) is 3.58. The van der Waals surface area contributed by atoms with Crippen molar-refractivity contribution in [3.05, 3.63) is 83.7 Å². The highest BCUT2D eigenvalue weighted by Crippen LogP contribution is 2.20. The van der Waals surface area contributed by atoms with Gasteiger partial charge >= 0.3 is 5.97 Å². The van der Waals surface area contributed by atoms with Gasteiger partial charge < -0.3 is 9.67 Å². The molecule has 4 rings (SSSR count). The molecule has 0 spiro atoms. The highest BCUT2D eigenvalue weighted by Gasteiger charge is 2.07. The van der Waals surface area contributed by atoms with Crippen LogP contribution in [0.25, 0.3) is 21.8 Å². The molecule has 0 unspecified atom stereocenters. The lowest BCUT2D eigenvalue weighted by molar-refractivity contribution is 0.0697. The molecule has 0 bridgehead atoms. The zero-order valence-corrected chi connectivity index (χ0v) is 13.7. The molecule has 0 aliphatic carbocycles. The highest BCUT2D eigenvalue weighted by atomic mass is 16.4. The number of carboxylic acids is 1. The van der Waals surface area contributed by atoms with Crippen molar-refractivity contribution in [2.45, 2.75) is 0 Å². The van der Waals surface area contributed by atoms with Crippen LogP contribution in [-0.2, 0) is 7.05 Å². The maximum Gasteiger partial charge on any atom is 0.335 e. The summed E-state index contributed by atoms with van der Waals surface area (Å²) < 4.78 is 2.15. The molecular formula is C21H16N2O2. The Morgan fingerprint density at radius 2 is 1.48 bits per heavy atom. The summed E-state index contributed by atoms with van der Waals surface area (Å²) in [5, 5.41) is 12.1. The number of rotatable bonds is 2. The molecule has 0 saturated heterocycles. The quantitative estimate of drug-likeness (QED) is 0.559. The van der Waals surface area contributed by atoms with E-state index in [2.05, 4.69) is 16.7 Å². The van der Waals surface area contributed by atoms with E-state index < -0.39 is 5.97 Å². The Labute approximate surface area is 144 Å². The number of aromatic nitrogens is 1. The van der Waals surface area contributed by atoms with Crippen LogP contribution in [0.2, 0.25) is 0 Å². The number of aryl methyl sites for hydroxylation is 1. The van der Waals surface area contributed by atoms with Gasteiger partial charge in [-0.3, -0.25) is 0 Å². The monoisotopic (exact) mass is 328 g/mol. The summed E-state index contributed by atoms with van der Waals surface area (Å²) in [6.45, 7) is 0. The Bertz CT molecular complexity index is 1130. The van der Waals surface area contributed by atoms with E-state index in [0.717, 1.165) is 27.2 Å². The zero-order chi connectivity index (χ0) is 17.4. The largest absolute Gasteiger partial charge is 0.478 e. The van der Waals surface area contributed by atoms with E-state index in [1.807, 2.05) is 49.5 Å². The van der Waals surface area contributed by atoms with Gasteiger partial charge in [0.25, 0.3) is 0 Å². The van der Waals surface area contributed by atoms with Crippen LogP contribution in [-0.4, -0.2) is 15.6 Å². The van der Waals surface area contributed by atoms with Gasteiger partial charge in [-0.2, -0.15) is 0 Å². The molecule has 0 aliphatic rings. The molecule has 0 amide bonds. The first-order valence-corrected chi connectivity index (χ1v) is 8.00. The van der Waals surface area contributed by atoms with Gasteiger partial charge in [0.15, 0.2) is 0 Å². The molecule has 0 aliphatic heterocycles. The van der Waals surface area contributed by atoms with Crippen molar-refractivity contribution in [2.75, 3.05) is 0 Å². The van der Waals surface area contributed by atoms with Gasteiger partial charge in [-0.15, -0.1) is 0 Å². The first kappa shape index (κ1) is 15.1. The van der Waals surface area contributed by atoms with Gasteiger partial charge in [-0.05, 0) is 30.3 Å². The number of hydrogen-bond acceptors (Lipinski definition) is 2. The molecule has 1 heterocycles. The van der Waals surface area contributed by atoms with Crippen LogP contribution in [0.15, 0.2) is 77.8 Å². The minimum Gasteiger partial charge on any atom is -0.478 e. The van der Waals surface area contributed by atoms with Gasteiger partial charge in [-0.25, -0.2) is 9.79 Å². The van der Waals surface area contributed by atoms with Crippen LogP contribution in [0.5, 0.6) is 0 Å². The second-order valence-electron chi connectivity index (χ2n) is 5.91. The molecule has 0 atom stereocenters. The molecule has 4 nitrogen and oxygen atoms in total. The Morgan fingerprint density at radius 1 is 0.880 bits per heavy atom. The van der Waals surface area contributed by atoms with Crippen molar-refractivity contribution in [3.63, 3.8) is 0 Å².